The number of nitrogens with two attached hydrogens (primary N) is 1. The summed E-state index contributed by atoms with van der Waals surface area (Å²) in [6.45, 7) is 6.52. The molecule has 0 spiro atoms. The van der Waals surface area contributed by atoms with Crippen LogP contribution < -0.4 is 5.73 Å². The van der Waals surface area contributed by atoms with E-state index < -0.39 is 0 Å². The molecule has 0 heterocycles. The molecule has 0 saturated carbocycles. The third-order valence-electron chi connectivity index (χ3n) is 2.85. The Balaban J connectivity index is 2.67. The van der Waals surface area contributed by atoms with Gasteiger partial charge >= 0.3 is 0 Å². The van der Waals surface area contributed by atoms with Gasteiger partial charge in [-0.2, -0.15) is 0 Å². The fourth-order valence-electron chi connectivity index (χ4n) is 1.77. The molecule has 0 aliphatic carbocycles. The van der Waals surface area contributed by atoms with Crippen molar-refractivity contribution in [2.75, 3.05) is 5.73 Å². The molecule has 2 nitrogen and oxygen atoms in total. The number of phenolic OH excluding ortho intramolecular Hbond substituents is 1. The van der Waals surface area contributed by atoms with Crippen molar-refractivity contribution < 1.29 is 5.11 Å². The highest BCUT2D eigenvalue weighted by atomic mass is 16.3. The summed E-state index contributed by atoms with van der Waals surface area (Å²) in [6, 6.07) is 9.79. The summed E-state index contributed by atoms with van der Waals surface area (Å²) in [6.07, 6.45) is 0. The van der Waals surface area contributed by atoms with Gasteiger partial charge in [0.25, 0.3) is 0 Å². The second-order valence-electron chi connectivity index (χ2n) is 5.22. The van der Waals surface area contributed by atoms with Crippen LogP contribution in [0, 0.1) is 0 Å². The van der Waals surface area contributed by atoms with Gasteiger partial charge in [0.1, 0.15) is 5.75 Å². The molecule has 0 bridgehead atoms. The van der Waals surface area contributed by atoms with Crippen LogP contribution in [0.15, 0.2) is 30.3 Å². The predicted molar refractivity (Wildman–Crippen MR) is 68.7 cm³/mol. The molecule has 0 saturated heterocycles. The molecular weight excluding hydrogens is 198 g/mol. The molecule has 0 fully saturated rings. The topological polar surface area (TPSA) is 46.2 Å². The number of phenols is 1. The van der Waals surface area contributed by atoms with E-state index in [1.54, 1.807) is 12.1 Å². The highest BCUT2D eigenvalue weighted by molar-refractivity contribution is 5.88. The summed E-state index contributed by atoms with van der Waals surface area (Å²) in [5.74, 6) is 0.151. The van der Waals surface area contributed by atoms with Crippen molar-refractivity contribution in [3.05, 3.63) is 35.9 Å². The van der Waals surface area contributed by atoms with Crippen molar-refractivity contribution in [1.82, 2.24) is 0 Å². The van der Waals surface area contributed by atoms with Gasteiger partial charge in [0.05, 0.1) is 5.69 Å². The number of fused-ring (bicyclic) bond motifs is 1. The summed E-state index contributed by atoms with van der Waals surface area (Å²) in [5, 5.41) is 11.7. The zero-order chi connectivity index (χ0) is 11.9. The van der Waals surface area contributed by atoms with E-state index in [2.05, 4.69) is 32.9 Å². The van der Waals surface area contributed by atoms with Crippen molar-refractivity contribution in [1.29, 1.82) is 0 Å². The lowest BCUT2D eigenvalue weighted by molar-refractivity contribution is 0.479. The molecule has 0 atom stereocenters. The largest absolute Gasteiger partial charge is 0.506 e. The lowest BCUT2D eigenvalue weighted by Gasteiger charge is -2.19. The van der Waals surface area contributed by atoms with Crippen LogP contribution in [0.4, 0.5) is 5.69 Å². The van der Waals surface area contributed by atoms with Crippen molar-refractivity contribution in [3.63, 3.8) is 0 Å². The Kier molecular flexibility index (Phi) is 2.30. The van der Waals surface area contributed by atoms with E-state index in [0.717, 1.165) is 10.8 Å². The van der Waals surface area contributed by atoms with Gasteiger partial charge in [-0.3, -0.25) is 0 Å². The second-order valence-corrected chi connectivity index (χ2v) is 5.22. The maximum absolute atomic E-state index is 9.59. The first-order valence-electron chi connectivity index (χ1n) is 5.41. The lowest BCUT2D eigenvalue weighted by Crippen LogP contribution is -2.10. The van der Waals surface area contributed by atoms with Gasteiger partial charge in [-0.25, -0.2) is 0 Å². The van der Waals surface area contributed by atoms with Crippen LogP contribution in [0.3, 0.4) is 0 Å². The molecule has 0 aromatic heterocycles. The van der Waals surface area contributed by atoms with Crippen LogP contribution in [0.2, 0.25) is 0 Å². The molecule has 0 aliphatic heterocycles. The average molecular weight is 215 g/mol. The first-order chi connectivity index (χ1) is 7.38. The second kappa shape index (κ2) is 3.41. The minimum absolute atomic E-state index is 0.116. The third kappa shape index (κ3) is 1.83. The maximum Gasteiger partial charge on any atom is 0.139 e. The van der Waals surface area contributed by atoms with Gasteiger partial charge in [-0.05, 0) is 33.9 Å². The quantitative estimate of drug-likeness (QED) is 0.522. The molecule has 2 rings (SSSR count). The van der Waals surface area contributed by atoms with E-state index in [-0.39, 0.29) is 11.2 Å². The number of hydrogen-bond donors (Lipinski definition) is 2. The Bertz CT molecular complexity index is 538. The van der Waals surface area contributed by atoms with Gasteiger partial charge in [-0.1, -0.05) is 39.0 Å². The normalized spacial score (nSPS) is 11.9. The lowest BCUT2D eigenvalue weighted by atomic mass is 9.86. The number of nitrogen functional groups attached to an aromatic ring is 1. The van der Waals surface area contributed by atoms with Gasteiger partial charge in [0.15, 0.2) is 0 Å². The van der Waals surface area contributed by atoms with E-state index in [1.807, 2.05) is 6.07 Å². The monoisotopic (exact) mass is 215 g/mol. The van der Waals surface area contributed by atoms with E-state index in [1.165, 1.54) is 5.56 Å². The minimum Gasteiger partial charge on any atom is -0.506 e. The number of anilines is 1. The smallest absolute Gasteiger partial charge is 0.139 e. The van der Waals surface area contributed by atoms with Crippen LogP contribution in [0.25, 0.3) is 10.8 Å². The number of rotatable bonds is 0. The van der Waals surface area contributed by atoms with Crippen molar-refractivity contribution in [3.8, 4) is 5.75 Å². The highest BCUT2D eigenvalue weighted by Crippen LogP contribution is 2.30. The molecular formula is C14H17NO. The number of aromatic hydroxyl groups is 1. The van der Waals surface area contributed by atoms with Crippen LogP contribution in [-0.2, 0) is 5.41 Å². The molecule has 2 aromatic rings. The van der Waals surface area contributed by atoms with Gasteiger partial charge < -0.3 is 10.8 Å². The van der Waals surface area contributed by atoms with Gasteiger partial charge in [0.2, 0.25) is 0 Å². The Hall–Kier alpha value is -1.70. The fraction of sp³-hybridized carbons (Fsp3) is 0.286. The van der Waals surface area contributed by atoms with Crippen LogP contribution in [-0.4, -0.2) is 5.11 Å². The zero-order valence-electron chi connectivity index (χ0n) is 9.91. The molecule has 2 aromatic carbocycles. The summed E-state index contributed by atoms with van der Waals surface area (Å²) in [7, 11) is 0. The van der Waals surface area contributed by atoms with Crippen LogP contribution >= 0.6 is 0 Å². The average Bonchev–Trinajstić information content (AvgIpc) is 2.17. The molecule has 16 heavy (non-hydrogen) atoms. The molecule has 0 unspecified atom stereocenters. The molecule has 84 valence electrons. The number of hydrogen-bond acceptors (Lipinski definition) is 2. The molecule has 3 N–H and O–H groups in total. The molecule has 0 radical (unpaired) electrons. The first-order valence-corrected chi connectivity index (χ1v) is 5.41. The Morgan fingerprint density at radius 3 is 2.31 bits per heavy atom. The summed E-state index contributed by atoms with van der Waals surface area (Å²) in [5.41, 5.74) is 7.46. The molecule has 0 amide bonds. The van der Waals surface area contributed by atoms with E-state index in [4.69, 9.17) is 5.73 Å². The summed E-state index contributed by atoms with van der Waals surface area (Å²) in [4.78, 5) is 0. The van der Waals surface area contributed by atoms with E-state index in [9.17, 15) is 5.11 Å². The van der Waals surface area contributed by atoms with Crippen molar-refractivity contribution >= 4 is 16.5 Å². The standard InChI is InChI=1S/C14H17NO/c1-14(2,3)11-5-4-9-7-12(15)13(16)8-10(9)6-11/h4-8,16H,15H2,1-3H3. The van der Waals surface area contributed by atoms with Crippen LogP contribution in [0.1, 0.15) is 26.3 Å². The van der Waals surface area contributed by atoms with E-state index >= 15 is 0 Å². The van der Waals surface area contributed by atoms with E-state index in [0.29, 0.717) is 5.69 Å². The summed E-state index contributed by atoms with van der Waals surface area (Å²) < 4.78 is 0. The van der Waals surface area contributed by atoms with Gasteiger partial charge in [-0.15, -0.1) is 0 Å². The van der Waals surface area contributed by atoms with Crippen molar-refractivity contribution in [2.24, 2.45) is 0 Å². The SMILES string of the molecule is CC(C)(C)c1ccc2cc(N)c(O)cc2c1. The Morgan fingerprint density at radius 2 is 1.69 bits per heavy atom. The number of benzene rings is 2. The van der Waals surface area contributed by atoms with Crippen LogP contribution in [0.5, 0.6) is 5.75 Å². The first kappa shape index (κ1) is 10.8. The van der Waals surface area contributed by atoms with Gasteiger partial charge in [0, 0.05) is 0 Å². The summed E-state index contributed by atoms with van der Waals surface area (Å²) >= 11 is 0. The predicted octanol–water partition coefficient (Wildman–Crippen LogP) is 3.43. The fourth-order valence-corrected chi connectivity index (χ4v) is 1.77. The highest BCUT2D eigenvalue weighted by Gasteiger charge is 2.13. The molecule has 0 aliphatic rings. The Labute approximate surface area is 95.7 Å². The van der Waals surface area contributed by atoms with Crippen molar-refractivity contribution in [2.45, 2.75) is 26.2 Å². The zero-order valence-corrected chi connectivity index (χ0v) is 9.91. The minimum atomic E-state index is 0.116. The maximum atomic E-state index is 9.59. The Morgan fingerprint density at radius 1 is 1.00 bits per heavy atom. The third-order valence-corrected chi connectivity index (χ3v) is 2.85. The molecule has 2 heteroatoms.